The fourth-order valence-corrected chi connectivity index (χ4v) is 1.48. The van der Waals surface area contributed by atoms with Crippen molar-refractivity contribution in [1.29, 1.82) is 0 Å². The van der Waals surface area contributed by atoms with Gasteiger partial charge in [0.2, 0.25) is 5.95 Å². The molecule has 1 aromatic heterocycles. The maximum atomic E-state index is 12.7. The number of aromatic nitrogens is 2. The molecule has 88 valence electrons. The zero-order chi connectivity index (χ0) is 12.3. The molecule has 0 saturated carbocycles. The van der Waals surface area contributed by atoms with E-state index in [1.807, 2.05) is 0 Å². The lowest BCUT2D eigenvalue weighted by Crippen LogP contribution is -2.11. The van der Waals surface area contributed by atoms with Gasteiger partial charge in [-0.3, -0.25) is 5.43 Å². The number of nitrogens with two attached hydrogens (primary N) is 1. The second kappa shape index (κ2) is 5.07. The third-order valence-corrected chi connectivity index (χ3v) is 2.56. The molecule has 0 saturated heterocycles. The molecule has 17 heavy (non-hydrogen) atoms. The third-order valence-electron chi connectivity index (χ3n) is 1.98. The van der Waals surface area contributed by atoms with E-state index in [1.54, 1.807) is 18.3 Å². The van der Waals surface area contributed by atoms with Gasteiger partial charge in [-0.15, -0.1) is 0 Å². The van der Waals surface area contributed by atoms with Crippen LogP contribution in [0.25, 0.3) is 0 Å². The number of rotatable bonds is 3. The van der Waals surface area contributed by atoms with E-state index in [9.17, 15) is 4.39 Å². The maximum absolute atomic E-state index is 12.7. The highest BCUT2D eigenvalue weighted by atomic mass is 79.9. The standard InChI is InChI=1S/C10H9BrFN5/c11-8-5-14-10(17-13)16-9(8)15-7-3-1-6(12)2-4-7/h1-5H,13H2,(H2,14,15,16,17). The Balaban J connectivity index is 2.25. The first-order valence-corrected chi connectivity index (χ1v) is 5.50. The summed E-state index contributed by atoms with van der Waals surface area (Å²) in [5.41, 5.74) is 3.06. The monoisotopic (exact) mass is 297 g/mol. The van der Waals surface area contributed by atoms with Gasteiger partial charge in [-0.1, -0.05) is 0 Å². The average Bonchev–Trinajstić information content (AvgIpc) is 2.35. The summed E-state index contributed by atoms with van der Waals surface area (Å²) in [4.78, 5) is 8.03. The predicted octanol–water partition coefficient (Wildman–Crippen LogP) is 2.41. The van der Waals surface area contributed by atoms with Gasteiger partial charge in [0.1, 0.15) is 11.6 Å². The van der Waals surface area contributed by atoms with E-state index < -0.39 is 0 Å². The number of hydrazine groups is 1. The van der Waals surface area contributed by atoms with Crippen molar-refractivity contribution in [2.75, 3.05) is 10.7 Å². The van der Waals surface area contributed by atoms with Crippen molar-refractivity contribution in [2.24, 2.45) is 5.84 Å². The normalized spacial score (nSPS) is 10.1. The highest BCUT2D eigenvalue weighted by molar-refractivity contribution is 9.10. The number of anilines is 3. The van der Waals surface area contributed by atoms with E-state index in [1.165, 1.54) is 12.1 Å². The van der Waals surface area contributed by atoms with Gasteiger partial charge in [0.15, 0.2) is 0 Å². The second-order valence-electron chi connectivity index (χ2n) is 3.17. The van der Waals surface area contributed by atoms with Crippen molar-refractivity contribution in [3.05, 3.63) is 40.8 Å². The number of benzene rings is 1. The van der Waals surface area contributed by atoms with E-state index in [0.29, 0.717) is 16.0 Å². The number of nitrogens with one attached hydrogen (secondary N) is 2. The number of hydrogen-bond acceptors (Lipinski definition) is 5. The van der Waals surface area contributed by atoms with Crippen molar-refractivity contribution < 1.29 is 4.39 Å². The molecule has 1 heterocycles. The lowest BCUT2D eigenvalue weighted by Gasteiger charge is -2.08. The van der Waals surface area contributed by atoms with Crippen molar-refractivity contribution in [1.82, 2.24) is 9.97 Å². The fraction of sp³-hybridized carbons (Fsp3) is 0. The largest absolute Gasteiger partial charge is 0.339 e. The summed E-state index contributed by atoms with van der Waals surface area (Å²) in [5, 5.41) is 3.01. The summed E-state index contributed by atoms with van der Waals surface area (Å²) >= 11 is 3.30. The molecule has 0 aliphatic carbocycles. The van der Waals surface area contributed by atoms with Crippen LogP contribution >= 0.6 is 15.9 Å². The Hall–Kier alpha value is -1.73. The molecule has 2 rings (SSSR count). The maximum Gasteiger partial charge on any atom is 0.239 e. The molecule has 4 N–H and O–H groups in total. The topological polar surface area (TPSA) is 75.9 Å². The van der Waals surface area contributed by atoms with Crippen molar-refractivity contribution in [3.8, 4) is 0 Å². The van der Waals surface area contributed by atoms with Gasteiger partial charge in [-0.25, -0.2) is 15.2 Å². The van der Waals surface area contributed by atoms with Gasteiger partial charge in [-0.05, 0) is 40.2 Å². The molecule has 7 heteroatoms. The number of nitrogen functional groups attached to an aromatic ring is 1. The van der Waals surface area contributed by atoms with Gasteiger partial charge in [0.05, 0.1) is 4.47 Å². The van der Waals surface area contributed by atoms with Crippen LogP contribution in [-0.4, -0.2) is 9.97 Å². The predicted molar refractivity (Wildman–Crippen MR) is 67.2 cm³/mol. The van der Waals surface area contributed by atoms with Crippen LogP contribution in [0.2, 0.25) is 0 Å². The van der Waals surface area contributed by atoms with E-state index in [2.05, 4.69) is 36.6 Å². The molecule has 0 aliphatic heterocycles. The van der Waals surface area contributed by atoms with Crippen molar-refractivity contribution >= 4 is 33.4 Å². The fourth-order valence-electron chi connectivity index (χ4n) is 1.19. The van der Waals surface area contributed by atoms with Crippen LogP contribution in [0.5, 0.6) is 0 Å². The third kappa shape index (κ3) is 2.89. The average molecular weight is 298 g/mol. The van der Waals surface area contributed by atoms with Crippen molar-refractivity contribution in [3.63, 3.8) is 0 Å². The van der Waals surface area contributed by atoms with E-state index in [-0.39, 0.29) is 11.8 Å². The summed E-state index contributed by atoms with van der Waals surface area (Å²) in [6, 6.07) is 5.94. The Morgan fingerprint density at radius 1 is 1.24 bits per heavy atom. The lowest BCUT2D eigenvalue weighted by atomic mass is 10.3. The van der Waals surface area contributed by atoms with Gasteiger partial charge in [0, 0.05) is 11.9 Å². The number of nitrogens with zero attached hydrogens (tertiary/aromatic N) is 2. The molecule has 0 amide bonds. The van der Waals surface area contributed by atoms with Gasteiger partial charge in [0.25, 0.3) is 0 Å². The molecular weight excluding hydrogens is 289 g/mol. The molecule has 0 radical (unpaired) electrons. The first-order valence-electron chi connectivity index (χ1n) is 4.71. The Bertz CT molecular complexity index is 517. The molecule has 0 unspecified atom stereocenters. The molecule has 1 aromatic carbocycles. The van der Waals surface area contributed by atoms with Crippen LogP contribution in [0.15, 0.2) is 34.9 Å². The minimum absolute atomic E-state index is 0.290. The number of halogens is 2. The molecule has 0 bridgehead atoms. The summed E-state index contributed by atoms with van der Waals surface area (Å²) in [5.74, 6) is 5.76. The van der Waals surface area contributed by atoms with Crippen LogP contribution < -0.4 is 16.6 Å². The Labute approximate surface area is 105 Å². The summed E-state index contributed by atoms with van der Waals surface area (Å²) < 4.78 is 13.4. The van der Waals surface area contributed by atoms with Gasteiger partial charge >= 0.3 is 0 Å². The molecule has 0 fully saturated rings. The minimum Gasteiger partial charge on any atom is -0.339 e. The molecule has 0 aliphatic rings. The van der Waals surface area contributed by atoms with Crippen LogP contribution in [0.4, 0.5) is 21.8 Å². The van der Waals surface area contributed by atoms with Crippen LogP contribution in [-0.2, 0) is 0 Å². The molecular formula is C10H9BrFN5. The summed E-state index contributed by atoms with van der Waals surface area (Å²) in [6.07, 6.45) is 1.56. The first-order chi connectivity index (χ1) is 8.19. The zero-order valence-corrected chi connectivity index (χ0v) is 10.2. The first kappa shape index (κ1) is 11.7. The Morgan fingerprint density at radius 3 is 2.59 bits per heavy atom. The highest BCUT2D eigenvalue weighted by Gasteiger charge is 2.04. The van der Waals surface area contributed by atoms with Gasteiger partial charge < -0.3 is 5.32 Å². The highest BCUT2D eigenvalue weighted by Crippen LogP contribution is 2.23. The van der Waals surface area contributed by atoms with E-state index >= 15 is 0 Å². The van der Waals surface area contributed by atoms with Crippen LogP contribution in [0.1, 0.15) is 0 Å². The molecule has 2 aromatic rings. The van der Waals surface area contributed by atoms with E-state index in [0.717, 1.165) is 0 Å². The quantitative estimate of drug-likeness (QED) is 0.599. The minimum atomic E-state index is -0.290. The molecule has 5 nitrogen and oxygen atoms in total. The summed E-state index contributed by atoms with van der Waals surface area (Å²) in [7, 11) is 0. The SMILES string of the molecule is NNc1ncc(Br)c(Nc2ccc(F)cc2)n1. The van der Waals surface area contributed by atoms with Gasteiger partial charge in [-0.2, -0.15) is 4.98 Å². The molecule has 0 spiro atoms. The second-order valence-corrected chi connectivity index (χ2v) is 4.02. The Morgan fingerprint density at radius 2 is 1.94 bits per heavy atom. The number of hydrogen-bond donors (Lipinski definition) is 3. The van der Waals surface area contributed by atoms with E-state index in [4.69, 9.17) is 5.84 Å². The summed E-state index contributed by atoms with van der Waals surface area (Å²) in [6.45, 7) is 0. The van der Waals surface area contributed by atoms with Crippen LogP contribution in [0, 0.1) is 5.82 Å². The molecule has 0 atom stereocenters. The smallest absolute Gasteiger partial charge is 0.239 e. The Kier molecular flexibility index (Phi) is 3.50. The zero-order valence-electron chi connectivity index (χ0n) is 8.61. The van der Waals surface area contributed by atoms with Crippen molar-refractivity contribution in [2.45, 2.75) is 0 Å². The lowest BCUT2D eigenvalue weighted by molar-refractivity contribution is 0.628. The van der Waals surface area contributed by atoms with Crippen LogP contribution in [0.3, 0.4) is 0 Å².